The topological polar surface area (TPSA) is 65.6 Å². The van der Waals surface area contributed by atoms with Gasteiger partial charge in [-0.1, -0.05) is 6.42 Å². The molecule has 3 unspecified atom stereocenters. The second-order valence-corrected chi connectivity index (χ2v) is 7.37. The highest BCUT2D eigenvalue weighted by Crippen LogP contribution is 2.75. The number of nitrogens with one attached hydrogen (secondary N) is 3. The highest BCUT2D eigenvalue weighted by atomic mass is 19.3. The number of H-pyrrole nitrogens is 1. The van der Waals surface area contributed by atoms with Crippen molar-refractivity contribution >= 4 is 16.9 Å². The molecule has 2 saturated carbocycles. The molecule has 2 aliphatic carbocycles. The molecule has 2 aromatic heterocycles. The predicted molar refractivity (Wildman–Crippen MR) is 87.4 cm³/mol. The van der Waals surface area contributed by atoms with Gasteiger partial charge in [-0.05, 0) is 37.8 Å². The Bertz CT molecular complexity index is 782. The van der Waals surface area contributed by atoms with Crippen LogP contribution >= 0.6 is 0 Å². The number of alkyl halides is 2. The molecule has 0 radical (unpaired) electrons. The summed E-state index contributed by atoms with van der Waals surface area (Å²) in [7, 11) is 0. The molecular weight excluding hydrogens is 312 g/mol. The van der Waals surface area contributed by atoms with Gasteiger partial charge in [0.15, 0.2) is 0 Å². The molecule has 7 heteroatoms. The smallest absolute Gasteiger partial charge is 0.262 e. The van der Waals surface area contributed by atoms with Crippen LogP contribution in [0.3, 0.4) is 0 Å². The fourth-order valence-electron chi connectivity index (χ4n) is 4.98. The number of anilines is 1. The summed E-state index contributed by atoms with van der Waals surface area (Å²) in [5, 5.41) is 7.58. The number of fused-ring (bicyclic) bond motifs is 2. The summed E-state index contributed by atoms with van der Waals surface area (Å²) in [6, 6.07) is 0.274. The highest BCUT2D eigenvalue weighted by molar-refractivity contribution is 5.92. The maximum absolute atomic E-state index is 14.5. The Balaban J connectivity index is 1.58. The van der Waals surface area contributed by atoms with Gasteiger partial charge in [0.1, 0.15) is 17.8 Å². The Morgan fingerprint density at radius 1 is 1.21 bits per heavy atom. The van der Waals surface area contributed by atoms with Crippen molar-refractivity contribution in [1.82, 2.24) is 20.3 Å². The van der Waals surface area contributed by atoms with Crippen LogP contribution in [0.2, 0.25) is 0 Å². The van der Waals surface area contributed by atoms with Crippen molar-refractivity contribution in [3.05, 3.63) is 18.1 Å². The van der Waals surface area contributed by atoms with E-state index in [2.05, 4.69) is 25.6 Å². The molecule has 5 rings (SSSR count). The third-order valence-corrected chi connectivity index (χ3v) is 6.20. The summed E-state index contributed by atoms with van der Waals surface area (Å²) in [6.07, 6.45) is 7.44. The Morgan fingerprint density at radius 3 is 2.88 bits per heavy atom. The number of hydrogen-bond acceptors (Lipinski definition) is 4. The van der Waals surface area contributed by atoms with Gasteiger partial charge in [0.2, 0.25) is 0 Å². The van der Waals surface area contributed by atoms with Crippen molar-refractivity contribution in [2.45, 2.75) is 49.5 Å². The number of aromatic amines is 1. The van der Waals surface area contributed by atoms with Crippen molar-refractivity contribution < 1.29 is 8.78 Å². The summed E-state index contributed by atoms with van der Waals surface area (Å²) in [4.78, 5) is 11.7. The summed E-state index contributed by atoms with van der Waals surface area (Å²) in [6.45, 7) is 1.90. The zero-order valence-corrected chi connectivity index (χ0v) is 13.4. The average molecular weight is 333 g/mol. The predicted octanol–water partition coefficient (Wildman–Crippen LogP) is 2.81. The zero-order valence-electron chi connectivity index (χ0n) is 13.4. The van der Waals surface area contributed by atoms with E-state index in [0.717, 1.165) is 37.7 Å². The first kappa shape index (κ1) is 14.6. The Kier molecular flexibility index (Phi) is 2.96. The number of rotatable bonds is 3. The summed E-state index contributed by atoms with van der Waals surface area (Å²) < 4.78 is 29.0. The first-order valence-corrected chi connectivity index (χ1v) is 8.82. The van der Waals surface area contributed by atoms with Gasteiger partial charge in [-0.2, -0.15) is 0 Å². The molecule has 3 fully saturated rings. The van der Waals surface area contributed by atoms with Crippen molar-refractivity contribution in [3.8, 4) is 0 Å². The van der Waals surface area contributed by atoms with Crippen molar-refractivity contribution in [2.75, 3.05) is 18.4 Å². The fourth-order valence-corrected chi connectivity index (χ4v) is 4.98. The first-order valence-electron chi connectivity index (χ1n) is 8.82. The molecule has 0 spiro atoms. The van der Waals surface area contributed by atoms with Crippen LogP contribution in [0, 0.1) is 5.92 Å². The van der Waals surface area contributed by atoms with Gasteiger partial charge < -0.3 is 15.6 Å². The molecule has 0 aromatic carbocycles. The lowest BCUT2D eigenvalue weighted by atomic mass is 9.92. The van der Waals surface area contributed by atoms with Crippen LogP contribution < -0.4 is 10.6 Å². The largest absolute Gasteiger partial charge is 0.365 e. The van der Waals surface area contributed by atoms with Gasteiger partial charge in [-0.25, -0.2) is 18.7 Å². The number of hydrogen-bond donors (Lipinski definition) is 3. The lowest BCUT2D eigenvalue weighted by Gasteiger charge is -2.25. The molecule has 3 atom stereocenters. The maximum atomic E-state index is 14.5. The molecule has 1 aliphatic heterocycles. The molecular formula is C17H21F2N5. The van der Waals surface area contributed by atoms with Crippen molar-refractivity contribution in [1.29, 1.82) is 0 Å². The van der Waals surface area contributed by atoms with Crippen LogP contribution in [0.25, 0.3) is 11.0 Å². The minimum atomic E-state index is -2.60. The molecule has 2 aromatic rings. The maximum Gasteiger partial charge on any atom is 0.262 e. The Hall–Kier alpha value is -1.76. The molecule has 24 heavy (non-hydrogen) atoms. The minimum Gasteiger partial charge on any atom is -0.365 e. The summed E-state index contributed by atoms with van der Waals surface area (Å²) in [5.74, 6) is -2.43. The fraction of sp³-hybridized carbons (Fsp3) is 0.647. The zero-order chi connectivity index (χ0) is 16.4. The van der Waals surface area contributed by atoms with Gasteiger partial charge >= 0.3 is 0 Å². The molecule has 5 nitrogen and oxygen atoms in total. The molecule has 0 bridgehead atoms. The van der Waals surface area contributed by atoms with E-state index in [4.69, 9.17) is 0 Å². The third-order valence-electron chi connectivity index (χ3n) is 6.20. The van der Waals surface area contributed by atoms with Gasteiger partial charge in [0.05, 0.1) is 10.8 Å². The normalized spacial score (nSPS) is 34.2. The highest BCUT2D eigenvalue weighted by Gasteiger charge is 2.82. The van der Waals surface area contributed by atoms with E-state index >= 15 is 0 Å². The molecule has 1 saturated heterocycles. The Labute approximate surface area is 138 Å². The van der Waals surface area contributed by atoms with Crippen LogP contribution in [0.1, 0.15) is 37.7 Å². The van der Waals surface area contributed by atoms with Gasteiger partial charge in [0, 0.05) is 24.7 Å². The van der Waals surface area contributed by atoms with E-state index in [9.17, 15) is 8.78 Å². The monoisotopic (exact) mass is 333 g/mol. The Morgan fingerprint density at radius 2 is 2.12 bits per heavy atom. The van der Waals surface area contributed by atoms with Crippen molar-refractivity contribution in [3.63, 3.8) is 0 Å². The van der Waals surface area contributed by atoms with E-state index in [1.54, 1.807) is 6.20 Å². The van der Waals surface area contributed by atoms with Gasteiger partial charge in [0.25, 0.3) is 5.92 Å². The molecule has 3 aliphatic rings. The van der Waals surface area contributed by atoms with Crippen LogP contribution in [0.4, 0.5) is 14.6 Å². The number of nitrogens with zero attached hydrogens (tertiary/aromatic N) is 2. The van der Waals surface area contributed by atoms with E-state index in [-0.39, 0.29) is 6.04 Å². The standard InChI is InChI=1S/C17H21F2N5/c18-17(19)12-4-1-5-16(12,17)11-8-21-14-13(11)15(23-9-22-14)24-10-3-2-6-20-7-10/h8-10,12,20H,1-7H2,(H2,21,22,23,24). The molecule has 3 heterocycles. The SMILES string of the molecule is FC1(F)C2CCCC21c1c[nH]c2ncnc(NC3CCCNC3)c12. The lowest BCUT2D eigenvalue weighted by Crippen LogP contribution is -2.38. The molecule has 0 amide bonds. The summed E-state index contributed by atoms with van der Waals surface area (Å²) >= 11 is 0. The van der Waals surface area contributed by atoms with E-state index in [1.165, 1.54) is 6.33 Å². The first-order chi connectivity index (χ1) is 11.6. The van der Waals surface area contributed by atoms with Crippen LogP contribution in [-0.4, -0.2) is 40.0 Å². The second-order valence-electron chi connectivity index (χ2n) is 7.37. The van der Waals surface area contributed by atoms with E-state index in [1.807, 2.05) is 0 Å². The third kappa shape index (κ3) is 1.76. The summed E-state index contributed by atoms with van der Waals surface area (Å²) in [5.41, 5.74) is 0.350. The van der Waals surface area contributed by atoms with Crippen LogP contribution in [-0.2, 0) is 5.41 Å². The molecule has 3 N–H and O–H groups in total. The van der Waals surface area contributed by atoms with E-state index in [0.29, 0.717) is 29.9 Å². The van der Waals surface area contributed by atoms with E-state index < -0.39 is 17.3 Å². The number of aromatic nitrogens is 3. The average Bonchev–Trinajstić information content (AvgIpc) is 3.04. The van der Waals surface area contributed by atoms with Crippen LogP contribution in [0.15, 0.2) is 12.5 Å². The quantitative estimate of drug-likeness (QED) is 0.808. The minimum absolute atomic E-state index is 0.274. The molecule has 128 valence electrons. The number of piperidine rings is 1. The van der Waals surface area contributed by atoms with Gasteiger partial charge in [-0.15, -0.1) is 0 Å². The van der Waals surface area contributed by atoms with Crippen molar-refractivity contribution in [2.24, 2.45) is 5.92 Å². The second kappa shape index (κ2) is 4.88. The van der Waals surface area contributed by atoms with Gasteiger partial charge in [-0.3, -0.25) is 0 Å². The lowest BCUT2D eigenvalue weighted by molar-refractivity contribution is 0.0642. The number of halogens is 2. The van der Waals surface area contributed by atoms with Crippen LogP contribution in [0.5, 0.6) is 0 Å².